The molecule has 1 aliphatic rings. The van der Waals surface area contributed by atoms with E-state index in [-0.39, 0.29) is 0 Å². The second kappa shape index (κ2) is 7.92. The Kier molecular flexibility index (Phi) is 4.36. The number of pyridine rings is 2. The maximum Gasteiger partial charge on any atom is 0.0937 e. The van der Waals surface area contributed by atoms with Crippen LogP contribution in [0.3, 0.4) is 0 Å². The van der Waals surface area contributed by atoms with Crippen molar-refractivity contribution < 1.29 is 0 Å². The van der Waals surface area contributed by atoms with Crippen molar-refractivity contribution in [3.63, 3.8) is 0 Å². The van der Waals surface area contributed by atoms with E-state index in [2.05, 4.69) is 132 Å². The molecule has 1 aliphatic carbocycles. The first-order chi connectivity index (χ1) is 20.2. The fourth-order valence-electron chi connectivity index (χ4n) is 7.53. The summed E-state index contributed by atoms with van der Waals surface area (Å²) in [4.78, 5) is 9.82. The van der Waals surface area contributed by atoms with Crippen molar-refractivity contribution in [3.8, 4) is 11.4 Å². The summed E-state index contributed by atoms with van der Waals surface area (Å²) in [5, 5.41) is 5.05. The zero-order chi connectivity index (χ0) is 27.3. The summed E-state index contributed by atoms with van der Waals surface area (Å²) in [5.41, 5.74) is 11.1. The molecule has 0 saturated heterocycles. The van der Waals surface area contributed by atoms with Crippen LogP contribution in [0.15, 0.2) is 122 Å². The number of hydrogen-bond donors (Lipinski definition) is 0. The Hall–Kier alpha value is -5.22. The Morgan fingerprint density at radius 1 is 0.463 bits per heavy atom. The molecule has 0 spiro atoms. The summed E-state index contributed by atoms with van der Waals surface area (Å²) >= 11 is 0. The van der Waals surface area contributed by atoms with Crippen LogP contribution < -0.4 is 0 Å². The molecular formula is C37H26N4. The van der Waals surface area contributed by atoms with Crippen molar-refractivity contribution in [3.05, 3.63) is 144 Å². The fraction of sp³-hybridized carbons (Fsp3) is 0.0811. The fourth-order valence-corrected chi connectivity index (χ4v) is 7.53. The highest BCUT2D eigenvalue weighted by molar-refractivity contribution is 6.10. The molecule has 8 aromatic rings. The lowest BCUT2D eigenvalue weighted by molar-refractivity contribution is 0.767. The zero-order valence-electron chi connectivity index (χ0n) is 22.8. The average molecular weight is 527 g/mol. The largest absolute Gasteiger partial charge is 0.344 e. The molecule has 4 heteroatoms. The minimum atomic E-state index is -0.566. The third-order valence-corrected chi connectivity index (χ3v) is 9.34. The van der Waals surface area contributed by atoms with Crippen LogP contribution in [0.25, 0.3) is 55.0 Å². The number of aromatic nitrogens is 4. The Morgan fingerprint density at radius 3 is 1.39 bits per heavy atom. The molecule has 0 radical (unpaired) electrons. The van der Waals surface area contributed by atoms with Gasteiger partial charge in [-0.1, -0.05) is 60.7 Å². The van der Waals surface area contributed by atoms with E-state index in [0.717, 1.165) is 11.4 Å². The number of nitrogens with zero attached hydrogens (tertiary/aromatic N) is 4. The number of fused-ring (bicyclic) bond motifs is 9. The summed E-state index contributed by atoms with van der Waals surface area (Å²) in [6, 6.07) is 40.0. The lowest BCUT2D eigenvalue weighted by Crippen LogP contribution is -2.28. The second-order valence-corrected chi connectivity index (χ2v) is 11.2. The molecule has 0 bridgehead atoms. The molecular weight excluding hydrogens is 500 g/mol. The van der Waals surface area contributed by atoms with Gasteiger partial charge in [0.2, 0.25) is 0 Å². The SMILES string of the molecule is Cn1c2ccccc2c2cc(C3(c4ccc5c(c4)c4ccccc4n5C)c4cccnc4-c4ncccc43)ccc21. The molecule has 0 N–H and O–H groups in total. The summed E-state index contributed by atoms with van der Waals surface area (Å²) in [6.45, 7) is 0. The summed E-state index contributed by atoms with van der Waals surface area (Å²) < 4.78 is 4.59. The van der Waals surface area contributed by atoms with Crippen LogP contribution >= 0.6 is 0 Å². The Balaban J connectivity index is 1.45. The van der Waals surface area contributed by atoms with Crippen molar-refractivity contribution in [2.45, 2.75) is 5.41 Å². The number of aryl methyl sites for hydroxylation is 2. The maximum atomic E-state index is 4.91. The minimum Gasteiger partial charge on any atom is -0.344 e. The van der Waals surface area contributed by atoms with Crippen molar-refractivity contribution >= 4 is 43.6 Å². The molecule has 194 valence electrons. The number of para-hydroxylation sites is 2. The normalized spacial score (nSPS) is 13.8. The van der Waals surface area contributed by atoms with E-state index in [1.807, 2.05) is 12.4 Å². The number of rotatable bonds is 2. The van der Waals surface area contributed by atoms with E-state index >= 15 is 0 Å². The van der Waals surface area contributed by atoms with Gasteiger partial charge in [-0.3, -0.25) is 9.97 Å². The van der Waals surface area contributed by atoms with Gasteiger partial charge >= 0.3 is 0 Å². The highest BCUT2D eigenvalue weighted by atomic mass is 14.9. The predicted molar refractivity (Wildman–Crippen MR) is 167 cm³/mol. The lowest BCUT2D eigenvalue weighted by atomic mass is 9.67. The van der Waals surface area contributed by atoms with Crippen molar-refractivity contribution in [2.75, 3.05) is 0 Å². The van der Waals surface area contributed by atoms with E-state index in [1.165, 1.54) is 65.9 Å². The molecule has 0 atom stereocenters. The van der Waals surface area contributed by atoms with Gasteiger partial charge in [0.05, 0.1) is 16.8 Å². The Labute approximate surface area is 237 Å². The molecule has 0 saturated carbocycles. The van der Waals surface area contributed by atoms with Crippen LogP contribution in [0, 0.1) is 0 Å². The summed E-state index contributed by atoms with van der Waals surface area (Å²) in [7, 11) is 4.31. The van der Waals surface area contributed by atoms with E-state index in [4.69, 9.17) is 9.97 Å². The third kappa shape index (κ3) is 2.74. The lowest BCUT2D eigenvalue weighted by Gasteiger charge is -2.33. The topological polar surface area (TPSA) is 35.6 Å². The Morgan fingerprint density at radius 2 is 0.902 bits per heavy atom. The first-order valence-electron chi connectivity index (χ1n) is 14.0. The molecule has 9 rings (SSSR count). The molecule has 41 heavy (non-hydrogen) atoms. The van der Waals surface area contributed by atoms with Crippen molar-refractivity contribution in [2.24, 2.45) is 14.1 Å². The predicted octanol–water partition coefficient (Wildman–Crippen LogP) is 8.13. The van der Waals surface area contributed by atoms with Gasteiger partial charge in [0, 0.05) is 70.1 Å². The summed E-state index contributed by atoms with van der Waals surface area (Å²) in [5.74, 6) is 0. The van der Waals surface area contributed by atoms with E-state index < -0.39 is 5.41 Å². The van der Waals surface area contributed by atoms with Gasteiger partial charge in [-0.15, -0.1) is 0 Å². The second-order valence-electron chi connectivity index (χ2n) is 11.2. The van der Waals surface area contributed by atoms with Crippen molar-refractivity contribution in [1.82, 2.24) is 19.1 Å². The van der Waals surface area contributed by atoms with E-state index in [9.17, 15) is 0 Å². The highest BCUT2D eigenvalue weighted by Gasteiger charge is 2.48. The van der Waals surface area contributed by atoms with Gasteiger partial charge in [0.1, 0.15) is 0 Å². The quantitative estimate of drug-likeness (QED) is 0.228. The van der Waals surface area contributed by atoms with Crippen molar-refractivity contribution in [1.29, 1.82) is 0 Å². The van der Waals surface area contributed by atoms with Crippen LogP contribution in [0.4, 0.5) is 0 Å². The van der Waals surface area contributed by atoms with Gasteiger partial charge in [0.15, 0.2) is 0 Å². The van der Waals surface area contributed by atoms with Gasteiger partial charge in [-0.25, -0.2) is 0 Å². The van der Waals surface area contributed by atoms with Gasteiger partial charge in [0.25, 0.3) is 0 Å². The van der Waals surface area contributed by atoms with Gasteiger partial charge in [-0.05, 0) is 70.8 Å². The average Bonchev–Trinajstić information content (AvgIpc) is 3.61. The first kappa shape index (κ1) is 22.6. The molecule has 4 nitrogen and oxygen atoms in total. The van der Waals surface area contributed by atoms with Crippen LogP contribution in [0.5, 0.6) is 0 Å². The molecule has 4 aromatic heterocycles. The van der Waals surface area contributed by atoms with Crippen LogP contribution in [-0.2, 0) is 19.5 Å². The van der Waals surface area contributed by atoms with E-state index in [0.29, 0.717) is 0 Å². The van der Waals surface area contributed by atoms with Gasteiger partial charge in [-0.2, -0.15) is 0 Å². The van der Waals surface area contributed by atoms with E-state index in [1.54, 1.807) is 0 Å². The Bertz CT molecular complexity index is 2190. The monoisotopic (exact) mass is 526 g/mol. The van der Waals surface area contributed by atoms with Gasteiger partial charge < -0.3 is 9.13 Å². The maximum absolute atomic E-state index is 4.91. The first-order valence-corrected chi connectivity index (χ1v) is 14.0. The number of benzene rings is 4. The molecule has 0 unspecified atom stereocenters. The van der Waals surface area contributed by atoms with Crippen LogP contribution in [-0.4, -0.2) is 19.1 Å². The molecule has 4 aromatic carbocycles. The smallest absolute Gasteiger partial charge is 0.0937 e. The zero-order valence-corrected chi connectivity index (χ0v) is 22.8. The molecule has 0 aliphatic heterocycles. The molecule has 4 heterocycles. The molecule has 0 amide bonds. The number of hydrogen-bond acceptors (Lipinski definition) is 2. The standard InChI is InChI=1S/C37H26N4/c1-40-31-13-5-3-9-25(31)27-21-23(15-17-33(27)40)37(29-11-7-19-38-35(29)36-30(37)12-8-20-39-36)24-16-18-34-28(22-24)26-10-4-6-14-32(26)41(34)2/h3-22H,1-2H3. The highest BCUT2D eigenvalue weighted by Crippen LogP contribution is 2.55. The summed E-state index contributed by atoms with van der Waals surface area (Å²) in [6.07, 6.45) is 3.77. The molecule has 0 fully saturated rings. The third-order valence-electron chi connectivity index (χ3n) is 9.34. The van der Waals surface area contributed by atoms with Crippen LogP contribution in [0.2, 0.25) is 0 Å². The minimum absolute atomic E-state index is 0.566. The van der Waals surface area contributed by atoms with Crippen LogP contribution in [0.1, 0.15) is 22.3 Å².